The summed E-state index contributed by atoms with van der Waals surface area (Å²) in [5, 5.41) is 2.89. The van der Waals surface area contributed by atoms with Crippen LogP contribution in [0.1, 0.15) is 13.3 Å². The number of amides is 1. The molecule has 3 N–H and O–H groups in total. The van der Waals surface area contributed by atoms with Crippen molar-refractivity contribution in [2.24, 2.45) is 0 Å². The van der Waals surface area contributed by atoms with Crippen LogP contribution in [0.25, 0.3) is 0 Å². The molecule has 0 aliphatic heterocycles. The summed E-state index contributed by atoms with van der Waals surface area (Å²) in [4.78, 5) is 13.8. The third kappa shape index (κ3) is 6.10. The van der Waals surface area contributed by atoms with Crippen molar-refractivity contribution >= 4 is 11.6 Å². The number of nitrogens with two attached hydrogens (primary N) is 1. The molecule has 0 saturated heterocycles. The Bertz CT molecular complexity index is 407. The molecule has 106 valence electrons. The summed E-state index contributed by atoms with van der Waals surface area (Å²) in [6.07, 6.45) is 0.909. The summed E-state index contributed by atoms with van der Waals surface area (Å²) in [7, 11) is 4.02. The zero-order valence-corrected chi connectivity index (χ0v) is 11.8. The van der Waals surface area contributed by atoms with Gasteiger partial charge in [-0.15, -0.1) is 0 Å². The van der Waals surface area contributed by atoms with Gasteiger partial charge < -0.3 is 20.7 Å². The molecule has 1 unspecified atom stereocenters. The van der Waals surface area contributed by atoms with Crippen LogP contribution in [0, 0.1) is 0 Å². The van der Waals surface area contributed by atoms with Crippen LogP contribution in [-0.4, -0.2) is 44.1 Å². The number of nitrogens with one attached hydrogen (secondary N) is 1. The molecular formula is C14H23N3O2. The van der Waals surface area contributed by atoms with Crippen molar-refractivity contribution in [2.75, 3.05) is 33.0 Å². The van der Waals surface area contributed by atoms with E-state index in [1.54, 1.807) is 12.1 Å². The van der Waals surface area contributed by atoms with E-state index in [2.05, 4.69) is 10.2 Å². The van der Waals surface area contributed by atoms with Gasteiger partial charge in [0.2, 0.25) is 0 Å². The minimum Gasteiger partial charge on any atom is -0.482 e. The number of rotatable bonds is 7. The molecule has 19 heavy (non-hydrogen) atoms. The van der Waals surface area contributed by atoms with E-state index in [1.807, 2.05) is 33.2 Å². The van der Waals surface area contributed by atoms with E-state index in [1.165, 1.54) is 0 Å². The molecule has 0 aromatic heterocycles. The molecule has 0 saturated carbocycles. The van der Waals surface area contributed by atoms with Gasteiger partial charge in [0.05, 0.1) is 5.69 Å². The minimum atomic E-state index is -0.130. The maximum absolute atomic E-state index is 11.7. The Balaban J connectivity index is 2.30. The van der Waals surface area contributed by atoms with E-state index in [0.29, 0.717) is 11.4 Å². The summed E-state index contributed by atoms with van der Waals surface area (Å²) in [6.45, 7) is 2.91. The van der Waals surface area contributed by atoms with Crippen molar-refractivity contribution in [1.82, 2.24) is 10.2 Å². The Morgan fingerprint density at radius 1 is 1.42 bits per heavy atom. The fourth-order valence-corrected chi connectivity index (χ4v) is 1.60. The van der Waals surface area contributed by atoms with Crippen molar-refractivity contribution in [3.05, 3.63) is 24.3 Å². The Kier molecular flexibility index (Phi) is 6.15. The fraction of sp³-hybridized carbons (Fsp3) is 0.500. The molecule has 0 heterocycles. The highest BCUT2D eigenvalue weighted by Gasteiger charge is 2.09. The van der Waals surface area contributed by atoms with Gasteiger partial charge in [0.1, 0.15) is 5.75 Å². The van der Waals surface area contributed by atoms with E-state index in [4.69, 9.17) is 10.5 Å². The Morgan fingerprint density at radius 2 is 2.11 bits per heavy atom. The molecule has 0 bridgehead atoms. The van der Waals surface area contributed by atoms with E-state index in [9.17, 15) is 4.79 Å². The first kappa shape index (κ1) is 15.3. The molecule has 5 heteroatoms. The molecule has 1 amide bonds. The quantitative estimate of drug-likeness (QED) is 0.725. The lowest BCUT2D eigenvalue weighted by atomic mass is 10.2. The van der Waals surface area contributed by atoms with Crippen molar-refractivity contribution in [2.45, 2.75) is 19.4 Å². The van der Waals surface area contributed by atoms with Gasteiger partial charge in [-0.2, -0.15) is 0 Å². The van der Waals surface area contributed by atoms with E-state index in [0.717, 1.165) is 13.0 Å². The predicted octanol–water partition coefficient (Wildman–Crippen LogP) is 1.10. The molecule has 1 rings (SSSR count). The average molecular weight is 265 g/mol. The van der Waals surface area contributed by atoms with Crippen LogP contribution < -0.4 is 15.8 Å². The Labute approximate surface area is 114 Å². The number of benzene rings is 1. The first-order valence-corrected chi connectivity index (χ1v) is 6.40. The van der Waals surface area contributed by atoms with E-state index >= 15 is 0 Å². The van der Waals surface area contributed by atoms with Crippen molar-refractivity contribution in [1.29, 1.82) is 0 Å². The van der Waals surface area contributed by atoms with Crippen LogP contribution in [0.15, 0.2) is 24.3 Å². The number of hydrogen-bond donors (Lipinski definition) is 2. The van der Waals surface area contributed by atoms with Crippen molar-refractivity contribution < 1.29 is 9.53 Å². The average Bonchev–Trinajstić information content (AvgIpc) is 2.35. The first-order valence-electron chi connectivity index (χ1n) is 6.40. The van der Waals surface area contributed by atoms with Gasteiger partial charge in [0, 0.05) is 6.04 Å². The second-order valence-corrected chi connectivity index (χ2v) is 4.89. The number of nitrogens with zero attached hydrogens (tertiary/aromatic N) is 1. The number of ether oxygens (including phenoxy) is 1. The highest BCUT2D eigenvalue weighted by Crippen LogP contribution is 2.19. The van der Waals surface area contributed by atoms with Crippen LogP contribution in [0.4, 0.5) is 5.69 Å². The lowest BCUT2D eigenvalue weighted by Crippen LogP contribution is -2.37. The molecule has 0 radical (unpaired) electrons. The van der Waals surface area contributed by atoms with Crippen LogP contribution in [0.3, 0.4) is 0 Å². The highest BCUT2D eigenvalue weighted by molar-refractivity contribution is 5.78. The molecule has 1 aromatic carbocycles. The molecule has 1 atom stereocenters. The zero-order valence-electron chi connectivity index (χ0n) is 11.8. The monoisotopic (exact) mass is 265 g/mol. The van der Waals surface area contributed by atoms with Gasteiger partial charge in [-0.25, -0.2) is 0 Å². The van der Waals surface area contributed by atoms with Crippen LogP contribution >= 0.6 is 0 Å². The smallest absolute Gasteiger partial charge is 0.258 e. The second-order valence-electron chi connectivity index (χ2n) is 4.89. The van der Waals surface area contributed by atoms with Gasteiger partial charge in [0.15, 0.2) is 6.61 Å². The molecule has 0 aliphatic carbocycles. The van der Waals surface area contributed by atoms with Crippen LogP contribution in [-0.2, 0) is 4.79 Å². The molecule has 0 fully saturated rings. The molecule has 1 aromatic rings. The van der Waals surface area contributed by atoms with Gasteiger partial charge in [-0.1, -0.05) is 12.1 Å². The van der Waals surface area contributed by atoms with Gasteiger partial charge >= 0.3 is 0 Å². The Hall–Kier alpha value is -1.75. The maximum atomic E-state index is 11.7. The number of para-hydroxylation sites is 2. The number of carbonyl (C=O) groups is 1. The lowest BCUT2D eigenvalue weighted by molar-refractivity contribution is -0.123. The molecule has 5 nitrogen and oxygen atoms in total. The molecule has 0 aliphatic rings. The summed E-state index contributed by atoms with van der Waals surface area (Å²) >= 11 is 0. The van der Waals surface area contributed by atoms with Crippen molar-refractivity contribution in [3.8, 4) is 5.75 Å². The normalized spacial score (nSPS) is 12.2. The van der Waals surface area contributed by atoms with Gasteiger partial charge in [-0.05, 0) is 46.1 Å². The second kappa shape index (κ2) is 7.63. The largest absolute Gasteiger partial charge is 0.482 e. The lowest BCUT2D eigenvalue weighted by Gasteiger charge is -2.17. The van der Waals surface area contributed by atoms with E-state index < -0.39 is 0 Å². The third-order valence-electron chi connectivity index (χ3n) is 2.69. The third-order valence-corrected chi connectivity index (χ3v) is 2.69. The number of anilines is 1. The maximum Gasteiger partial charge on any atom is 0.258 e. The fourth-order valence-electron chi connectivity index (χ4n) is 1.60. The topological polar surface area (TPSA) is 67.6 Å². The minimum absolute atomic E-state index is 0.0134. The standard InChI is InChI=1S/C14H23N3O2/c1-11(8-9-17(2)3)16-14(18)10-19-13-7-5-4-6-12(13)15/h4-7,11H,8-10,15H2,1-3H3,(H,16,18). The molecular weight excluding hydrogens is 242 g/mol. The zero-order chi connectivity index (χ0) is 14.3. The summed E-state index contributed by atoms with van der Waals surface area (Å²) in [6, 6.07) is 7.27. The molecule has 0 spiro atoms. The van der Waals surface area contributed by atoms with Crippen LogP contribution in [0.2, 0.25) is 0 Å². The first-order chi connectivity index (χ1) is 8.99. The number of nitrogen functional groups attached to an aromatic ring is 1. The summed E-state index contributed by atoms with van der Waals surface area (Å²) < 4.78 is 5.38. The SMILES string of the molecule is CC(CCN(C)C)NC(=O)COc1ccccc1N. The van der Waals surface area contributed by atoms with E-state index in [-0.39, 0.29) is 18.6 Å². The van der Waals surface area contributed by atoms with Gasteiger partial charge in [0.25, 0.3) is 5.91 Å². The number of carbonyl (C=O) groups excluding carboxylic acids is 1. The predicted molar refractivity (Wildman–Crippen MR) is 77.1 cm³/mol. The van der Waals surface area contributed by atoms with Gasteiger partial charge in [-0.3, -0.25) is 4.79 Å². The Morgan fingerprint density at radius 3 is 2.74 bits per heavy atom. The summed E-state index contributed by atoms with van der Waals surface area (Å²) in [5.41, 5.74) is 6.26. The highest BCUT2D eigenvalue weighted by atomic mass is 16.5. The van der Waals surface area contributed by atoms with Crippen molar-refractivity contribution in [3.63, 3.8) is 0 Å². The number of hydrogen-bond acceptors (Lipinski definition) is 4. The van der Waals surface area contributed by atoms with Crippen LogP contribution in [0.5, 0.6) is 5.75 Å². The summed E-state index contributed by atoms with van der Waals surface area (Å²) in [5.74, 6) is 0.410.